The highest BCUT2D eigenvalue weighted by Crippen LogP contribution is 2.23. The normalized spacial score (nSPS) is 17.5. The Morgan fingerprint density at radius 3 is 2.70 bits per heavy atom. The smallest absolute Gasteiger partial charge is 0.211 e. The number of fused-ring (bicyclic) bond motifs is 1. The Balaban J connectivity index is 1.65. The van der Waals surface area contributed by atoms with Gasteiger partial charge in [0.15, 0.2) is 0 Å². The van der Waals surface area contributed by atoms with Crippen LogP contribution in [0, 0.1) is 12.8 Å². The van der Waals surface area contributed by atoms with Gasteiger partial charge in [0.2, 0.25) is 10.0 Å². The van der Waals surface area contributed by atoms with Crippen LogP contribution in [0.5, 0.6) is 0 Å². The van der Waals surface area contributed by atoms with Crippen LogP contribution in [0.2, 0.25) is 0 Å². The number of anilines is 1. The van der Waals surface area contributed by atoms with E-state index in [1.165, 1.54) is 11.8 Å². The topological polar surface area (TPSA) is 75.2 Å². The van der Waals surface area contributed by atoms with Crippen LogP contribution in [0.4, 0.5) is 5.82 Å². The fourth-order valence-electron chi connectivity index (χ4n) is 3.00. The molecule has 0 unspecified atom stereocenters. The number of nitrogens with zero attached hydrogens (tertiary/aromatic N) is 3. The van der Waals surface area contributed by atoms with Gasteiger partial charge in [0.25, 0.3) is 0 Å². The molecule has 0 amide bonds. The molecular weight excluding hydrogens is 312 g/mol. The second kappa shape index (κ2) is 6.41. The number of nitrogens with one attached hydrogen (secondary N) is 1. The average molecular weight is 334 g/mol. The number of aromatic nitrogens is 2. The lowest BCUT2D eigenvalue weighted by Crippen LogP contribution is -2.39. The Hall–Kier alpha value is -1.73. The summed E-state index contributed by atoms with van der Waals surface area (Å²) in [6.45, 7) is 4.07. The molecule has 0 atom stereocenters. The van der Waals surface area contributed by atoms with E-state index in [4.69, 9.17) is 0 Å². The molecule has 1 aromatic heterocycles. The molecule has 23 heavy (non-hydrogen) atoms. The molecule has 1 fully saturated rings. The van der Waals surface area contributed by atoms with Crippen molar-refractivity contribution in [1.82, 2.24) is 14.3 Å². The van der Waals surface area contributed by atoms with Crippen molar-refractivity contribution < 1.29 is 8.42 Å². The third-order valence-electron chi connectivity index (χ3n) is 4.39. The Morgan fingerprint density at radius 1 is 1.26 bits per heavy atom. The van der Waals surface area contributed by atoms with Crippen molar-refractivity contribution in [1.29, 1.82) is 0 Å². The Bertz CT molecular complexity index is 799. The van der Waals surface area contributed by atoms with Gasteiger partial charge in [-0.1, -0.05) is 11.6 Å². The molecule has 1 saturated heterocycles. The van der Waals surface area contributed by atoms with E-state index >= 15 is 0 Å². The number of hydrogen-bond donors (Lipinski definition) is 1. The fourth-order valence-corrected chi connectivity index (χ4v) is 3.87. The lowest BCUT2D eigenvalue weighted by atomic mass is 9.98. The summed E-state index contributed by atoms with van der Waals surface area (Å²) in [5.74, 6) is 1.31. The van der Waals surface area contributed by atoms with Crippen LogP contribution in [0.3, 0.4) is 0 Å². The zero-order valence-electron chi connectivity index (χ0n) is 13.5. The van der Waals surface area contributed by atoms with E-state index in [9.17, 15) is 8.42 Å². The van der Waals surface area contributed by atoms with E-state index in [0.29, 0.717) is 19.0 Å². The first kappa shape index (κ1) is 16.1. The first-order valence-corrected chi connectivity index (χ1v) is 9.68. The highest BCUT2D eigenvalue weighted by atomic mass is 32.2. The van der Waals surface area contributed by atoms with Gasteiger partial charge < -0.3 is 5.32 Å². The molecular formula is C16H22N4O2S. The second-order valence-electron chi connectivity index (χ2n) is 6.23. The molecule has 0 aliphatic carbocycles. The maximum atomic E-state index is 11.5. The van der Waals surface area contributed by atoms with Gasteiger partial charge in [0.1, 0.15) is 12.1 Å². The van der Waals surface area contributed by atoms with Crippen molar-refractivity contribution in [3.8, 4) is 0 Å². The summed E-state index contributed by atoms with van der Waals surface area (Å²) in [5.41, 5.74) is 2.11. The summed E-state index contributed by atoms with van der Waals surface area (Å²) in [5, 5.41) is 4.45. The fraction of sp³-hybridized carbons (Fsp3) is 0.500. The number of benzene rings is 1. The van der Waals surface area contributed by atoms with Crippen molar-refractivity contribution in [2.75, 3.05) is 31.2 Å². The summed E-state index contributed by atoms with van der Waals surface area (Å²) in [7, 11) is -3.06. The highest BCUT2D eigenvalue weighted by Gasteiger charge is 2.24. The lowest BCUT2D eigenvalue weighted by molar-refractivity contribution is 0.283. The van der Waals surface area contributed by atoms with Crippen molar-refractivity contribution >= 4 is 26.7 Å². The first-order chi connectivity index (χ1) is 10.9. The van der Waals surface area contributed by atoms with Gasteiger partial charge in [-0.2, -0.15) is 0 Å². The van der Waals surface area contributed by atoms with Gasteiger partial charge in [-0.05, 0) is 37.8 Å². The van der Waals surface area contributed by atoms with Crippen molar-refractivity contribution in [3.63, 3.8) is 0 Å². The lowest BCUT2D eigenvalue weighted by Gasteiger charge is -2.30. The quantitative estimate of drug-likeness (QED) is 0.926. The van der Waals surface area contributed by atoms with Crippen LogP contribution in [0.25, 0.3) is 10.9 Å². The summed E-state index contributed by atoms with van der Waals surface area (Å²) in [6, 6.07) is 6.13. The van der Waals surface area contributed by atoms with Gasteiger partial charge >= 0.3 is 0 Å². The molecule has 0 saturated carbocycles. The largest absolute Gasteiger partial charge is 0.369 e. The van der Waals surface area contributed by atoms with E-state index in [-0.39, 0.29) is 0 Å². The minimum atomic E-state index is -3.06. The average Bonchev–Trinajstić information content (AvgIpc) is 2.52. The van der Waals surface area contributed by atoms with Crippen LogP contribution in [0.1, 0.15) is 18.4 Å². The molecule has 0 radical (unpaired) electrons. The number of piperidine rings is 1. The highest BCUT2D eigenvalue weighted by molar-refractivity contribution is 7.88. The van der Waals surface area contributed by atoms with E-state index in [2.05, 4.69) is 28.3 Å². The third-order valence-corrected chi connectivity index (χ3v) is 5.69. The Kier molecular flexibility index (Phi) is 4.50. The van der Waals surface area contributed by atoms with E-state index in [1.807, 2.05) is 12.1 Å². The van der Waals surface area contributed by atoms with Crippen LogP contribution < -0.4 is 5.32 Å². The molecule has 1 N–H and O–H groups in total. The van der Waals surface area contributed by atoms with Crippen molar-refractivity contribution in [2.24, 2.45) is 5.92 Å². The summed E-state index contributed by atoms with van der Waals surface area (Å²) in [4.78, 5) is 8.65. The van der Waals surface area contributed by atoms with Gasteiger partial charge in [-0.3, -0.25) is 0 Å². The zero-order chi connectivity index (χ0) is 16.4. The van der Waals surface area contributed by atoms with Crippen LogP contribution in [-0.2, 0) is 10.0 Å². The monoisotopic (exact) mass is 334 g/mol. The van der Waals surface area contributed by atoms with Gasteiger partial charge in [-0.15, -0.1) is 0 Å². The minimum absolute atomic E-state index is 0.461. The number of sulfonamides is 1. The number of rotatable bonds is 4. The maximum absolute atomic E-state index is 11.5. The summed E-state index contributed by atoms with van der Waals surface area (Å²) in [6.07, 6.45) is 4.61. The van der Waals surface area contributed by atoms with Crippen molar-refractivity contribution in [3.05, 3.63) is 30.1 Å². The summed E-state index contributed by atoms with van der Waals surface area (Å²) < 4.78 is 24.7. The molecule has 0 bridgehead atoms. The standard InChI is InChI=1S/C16H22N4O2S/c1-12-3-4-15-14(9-12)16(19-11-18-15)17-10-13-5-7-20(8-6-13)23(2,21)22/h3-4,9,11,13H,5-8,10H2,1-2H3,(H,17,18,19). The van der Waals surface area contributed by atoms with E-state index in [0.717, 1.165) is 36.1 Å². The molecule has 1 aliphatic rings. The number of hydrogen-bond acceptors (Lipinski definition) is 5. The summed E-state index contributed by atoms with van der Waals surface area (Å²) >= 11 is 0. The van der Waals surface area contributed by atoms with E-state index < -0.39 is 10.0 Å². The van der Waals surface area contributed by atoms with E-state index in [1.54, 1.807) is 10.6 Å². The molecule has 1 aliphatic heterocycles. The minimum Gasteiger partial charge on any atom is -0.369 e. The Labute approximate surface area is 137 Å². The molecule has 124 valence electrons. The van der Waals surface area contributed by atoms with Gasteiger partial charge in [0.05, 0.1) is 11.8 Å². The maximum Gasteiger partial charge on any atom is 0.211 e. The second-order valence-corrected chi connectivity index (χ2v) is 8.21. The Morgan fingerprint density at radius 2 is 2.00 bits per heavy atom. The molecule has 1 aromatic carbocycles. The van der Waals surface area contributed by atoms with Gasteiger partial charge in [0, 0.05) is 25.0 Å². The third kappa shape index (κ3) is 3.79. The molecule has 2 heterocycles. The predicted octanol–water partition coefficient (Wildman–Crippen LogP) is 2.02. The number of aryl methyl sites for hydroxylation is 1. The van der Waals surface area contributed by atoms with Crippen molar-refractivity contribution in [2.45, 2.75) is 19.8 Å². The molecule has 2 aromatic rings. The molecule has 7 heteroatoms. The van der Waals surface area contributed by atoms with Crippen LogP contribution >= 0.6 is 0 Å². The van der Waals surface area contributed by atoms with Crippen LogP contribution in [-0.4, -0.2) is 48.6 Å². The molecule has 6 nitrogen and oxygen atoms in total. The van der Waals surface area contributed by atoms with Gasteiger partial charge in [-0.25, -0.2) is 22.7 Å². The molecule has 3 rings (SSSR count). The van der Waals surface area contributed by atoms with Crippen LogP contribution in [0.15, 0.2) is 24.5 Å². The molecule has 0 spiro atoms. The predicted molar refractivity (Wildman–Crippen MR) is 91.9 cm³/mol. The first-order valence-electron chi connectivity index (χ1n) is 7.84. The zero-order valence-corrected chi connectivity index (χ0v) is 14.3. The SMILES string of the molecule is Cc1ccc2ncnc(NCC3CCN(S(C)(=O)=O)CC3)c2c1.